The third-order valence-electron chi connectivity index (χ3n) is 1.25. The Morgan fingerprint density at radius 1 is 1.14 bits per heavy atom. The predicted octanol–water partition coefficient (Wildman–Crippen LogP) is 1.51. The van der Waals surface area contributed by atoms with Gasteiger partial charge >= 0.3 is 8.26 Å². The highest BCUT2D eigenvalue weighted by Gasteiger charge is 1.88. The summed E-state index contributed by atoms with van der Waals surface area (Å²) in [5, 5.41) is 0. The molecule has 0 spiro atoms. The summed E-state index contributed by atoms with van der Waals surface area (Å²) >= 11 is 0. The van der Waals surface area contributed by atoms with Gasteiger partial charge in [0.2, 0.25) is 0 Å². The minimum Gasteiger partial charge on any atom is -0.195 e. The first-order chi connectivity index (χ1) is 5.93. The van der Waals surface area contributed by atoms with Crippen LogP contribution in [0.25, 0.3) is 0 Å². The Labute approximate surface area is 98.2 Å². The number of benzene rings is 1. The van der Waals surface area contributed by atoms with Crippen LogP contribution >= 0.6 is 21.4 Å². The molecular formula is C8H14Cl2O2SSi. The van der Waals surface area contributed by atoms with E-state index in [0.29, 0.717) is 0 Å². The van der Waals surface area contributed by atoms with Crippen molar-refractivity contribution in [2.24, 2.45) is 0 Å². The second-order valence-corrected chi connectivity index (χ2v) is 5.89. The Balaban J connectivity index is 0. The van der Waals surface area contributed by atoms with Crippen molar-refractivity contribution in [2.45, 2.75) is 13.3 Å². The molecule has 0 atom stereocenters. The number of halogens is 2. The molecule has 0 N–H and O–H groups in total. The van der Waals surface area contributed by atoms with Crippen molar-refractivity contribution in [1.29, 1.82) is 0 Å². The van der Waals surface area contributed by atoms with Gasteiger partial charge in [0.25, 0.3) is 0 Å². The summed E-state index contributed by atoms with van der Waals surface area (Å²) in [5.74, 6) is 0. The maximum Gasteiger partial charge on any atom is 0.317 e. The average Bonchev–Trinajstić information content (AvgIpc) is 2.03. The molecule has 0 bridgehead atoms. The smallest absolute Gasteiger partial charge is 0.195 e. The van der Waals surface area contributed by atoms with E-state index in [1.165, 1.54) is 5.56 Å². The van der Waals surface area contributed by atoms with Gasteiger partial charge in [-0.05, 0) is 22.9 Å². The monoisotopic (exact) mass is 272 g/mol. The largest absolute Gasteiger partial charge is 0.317 e. The molecule has 1 rings (SSSR count). The topological polar surface area (TPSA) is 34.1 Å². The maximum absolute atomic E-state index is 9.16. The van der Waals surface area contributed by atoms with Crippen LogP contribution in [0.4, 0.5) is 0 Å². The summed E-state index contributed by atoms with van der Waals surface area (Å²) in [4.78, 5) is 0. The molecule has 0 aliphatic rings. The van der Waals surface area contributed by atoms with Crippen molar-refractivity contribution in [1.82, 2.24) is 0 Å². The molecule has 6 heteroatoms. The zero-order chi connectivity index (χ0) is 10.3. The van der Waals surface area contributed by atoms with Crippen LogP contribution in [0.5, 0.6) is 0 Å². The molecule has 1 aromatic rings. The Morgan fingerprint density at radius 2 is 1.50 bits per heavy atom. The molecule has 0 radical (unpaired) electrons. The Bertz CT molecular complexity index is 318. The van der Waals surface area contributed by atoms with Crippen molar-refractivity contribution in [2.75, 3.05) is 0 Å². The molecule has 0 fully saturated rings. The first kappa shape index (κ1) is 16.4. The van der Waals surface area contributed by atoms with Crippen molar-refractivity contribution < 1.29 is 8.42 Å². The second-order valence-electron chi connectivity index (χ2n) is 2.22. The minimum absolute atomic E-state index is 0. The Morgan fingerprint density at radius 3 is 1.71 bits per heavy atom. The summed E-state index contributed by atoms with van der Waals surface area (Å²) < 4.78 is 18.3. The fraction of sp³-hybridized carbons (Fsp3) is 0.250. The van der Waals surface area contributed by atoms with Crippen LogP contribution < -0.4 is 0 Å². The molecule has 0 saturated carbocycles. The highest BCUT2D eigenvalue weighted by atomic mass is 36.0. The number of aryl methyl sites for hydroxylation is 1. The lowest BCUT2D eigenvalue weighted by molar-refractivity contribution is 0.621. The van der Waals surface area contributed by atoms with Crippen molar-refractivity contribution in [3.05, 3.63) is 35.9 Å². The van der Waals surface area contributed by atoms with Gasteiger partial charge in [0, 0.05) is 21.4 Å². The SMILES string of the molecule is CCc1ccccc1.O=S(=O)(Cl)Cl.[SiH4]. The summed E-state index contributed by atoms with van der Waals surface area (Å²) in [6.07, 6.45) is 1.14. The van der Waals surface area contributed by atoms with E-state index < -0.39 is 8.26 Å². The molecule has 0 aromatic heterocycles. The Hall–Kier alpha value is -0.0331. The van der Waals surface area contributed by atoms with Crippen LogP contribution in [-0.4, -0.2) is 19.4 Å². The summed E-state index contributed by atoms with van der Waals surface area (Å²) in [7, 11) is 4.81. The normalized spacial score (nSPS) is 9.36. The lowest BCUT2D eigenvalue weighted by atomic mass is 10.2. The molecule has 0 heterocycles. The predicted molar refractivity (Wildman–Crippen MR) is 67.8 cm³/mol. The van der Waals surface area contributed by atoms with E-state index in [-0.39, 0.29) is 11.0 Å². The fourth-order valence-corrected chi connectivity index (χ4v) is 0.714. The summed E-state index contributed by atoms with van der Waals surface area (Å²) in [6, 6.07) is 10.5. The van der Waals surface area contributed by atoms with Crippen LogP contribution in [0.2, 0.25) is 0 Å². The van der Waals surface area contributed by atoms with Gasteiger partial charge in [0.1, 0.15) is 0 Å². The zero-order valence-electron chi connectivity index (χ0n) is 7.07. The lowest BCUT2D eigenvalue weighted by Gasteiger charge is -1.89. The first-order valence-corrected chi connectivity index (χ1v) is 6.75. The summed E-state index contributed by atoms with van der Waals surface area (Å²) in [5.41, 5.74) is 1.41. The molecule has 0 saturated heterocycles. The third-order valence-corrected chi connectivity index (χ3v) is 1.25. The van der Waals surface area contributed by atoms with Crippen LogP contribution in [0.15, 0.2) is 30.3 Å². The van der Waals surface area contributed by atoms with E-state index >= 15 is 0 Å². The van der Waals surface area contributed by atoms with E-state index in [0.717, 1.165) is 6.42 Å². The maximum atomic E-state index is 9.16. The molecule has 0 aliphatic carbocycles. The molecule has 2 nitrogen and oxygen atoms in total. The van der Waals surface area contributed by atoms with Crippen molar-refractivity contribution in [3.63, 3.8) is 0 Å². The number of hydrogen-bond acceptors (Lipinski definition) is 2. The standard InChI is InChI=1S/C8H10.Cl2O2S.H4Si/c1-2-8-6-4-3-5-7-8;1-5(2,3)4;/h3-7H,2H2,1H3;;1H4. The molecule has 82 valence electrons. The highest BCUT2D eigenvalue weighted by Crippen LogP contribution is 1.98. The van der Waals surface area contributed by atoms with Gasteiger partial charge in [-0.15, -0.1) is 0 Å². The Kier molecular flexibility index (Phi) is 9.71. The van der Waals surface area contributed by atoms with Gasteiger partial charge < -0.3 is 0 Å². The van der Waals surface area contributed by atoms with Gasteiger partial charge in [-0.2, -0.15) is 8.42 Å². The summed E-state index contributed by atoms with van der Waals surface area (Å²) in [6.45, 7) is 2.16. The van der Waals surface area contributed by atoms with Crippen molar-refractivity contribution in [3.8, 4) is 0 Å². The molecule has 0 amide bonds. The van der Waals surface area contributed by atoms with Gasteiger partial charge in [-0.25, -0.2) is 0 Å². The van der Waals surface area contributed by atoms with E-state index in [4.69, 9.17) is 8.42 Å². The molecule has 14 heavy (non-hydrogen) atoms. The van der Waals surface area contributed by atoms with Crippen LogP contribution in [0, 0.1) is 0 Å². The lowest BCUT2D eigenvalue weighted by Crippen LogP contribution is -1.73. The fourth-order valence-electron chi connectivity index (χ4n) is 0.714. The van der Waals surface area contributed by atoms with Gasteiger partial charge in [0.05, 0.1) is 0 Å². The average molecular weight is 273 g/mol. The quantitative estimate of drug-likeness (QED) is 0.574. The van der Waals surface area contributed by atoms with Gasteiger partial charge in [-0.3, -0.25) is 0 Å². The molecule has 0 aliphatic heterocycles. The second kappa shape index (κ2) is 8.29. The van der Waals surface area contributed by atoms with Crippen molar-refractivity contribution >= 4 is 40.6 Å². The van der Waals surface area contributed by atoms with E-state index in [1.807, 2.05) is 6.07 Å². The highest BCUT2D eigenvalue weighted by molar-refractivity contribution is 8.31. The third kappa shape index (κ3) is 14.5. The van der Waals surface area contributed by atoms with E-state index in [2.05, 4.69) is 52.6 Å². The van der Waals surface area contributed by atoms with Gasteiger partial charge in [-0.1, -0.05) is 37.3 Å². The first-order valence-electron chi connectivity index (χ1n) is 3.61. The minimum atomic E-state index is -3.72. The number of hydrogen-bond donors (Lipinski definition) is 0. The zero-order valence-corrected chi connectivity index (χ0v) is 9.40. The van der Waals surface area contributed by atoms with Crippen LogP contribution in [0.1, 0.15) is 12.5 Å². The van der Waals surface area contributed by atoms with E-state index in [1.54, 1.807) is 0 Å². The molecular weight excluding hydrogens is 259 g/mol. The van der Waals surface area contributed by atoms with Crippen LogP contribution in [-0.2, 0) is 14.7 Å². The molecule has 0 unspecified atom stereocenters. The molecule has 1 aromatic carbocycles. The number of rotatable bonds is 1. The van der Waals surface area contributed by atoms with Crippen LogP contribution in [0.3, 0.4) is 0 Å². The van der Waals surface area contributed by atoms with Gasteiger partial charge in [0.15, 0.2) is 0 Å². The van der Waals surface area contributed by atoms with E-state index in [9.17, 15) is 0 Å².